The van der Waals surface area contributed by atoms with Crippen molar-refractivity contribution in [1.29, 1.82) is 5.26 Å². The van der Waals surface area contributed by atoms with Gasteiger partial charge in [-0.1, -0.05) is 37.2 Å². The number of hydrogen-bond acceptors (Lipinski definition) is 7. The zero-order valence-electron chi connectivity index (χ0n) is 20.2. The zero-order chi connectivity index (χ0) is 26.4. The van der Waals surface area contributed by atoms with Gasteiger partial charge < -0.3 is 0 Å². The second-order valence-electron chi connectivity index (χ2n) is 7.89. The van der Waals surface area contributed by atoms with E-state index < -0.39 is 10.0 Å². The van der Waals surface area contributed by atoms with Crippen LogP contribution in [0.4, 0.5) is 5.82 Å². The predicted octanol–water partition coefficient (Wildman–Crippen LogP) is 6.76. The summed E-state index contributed by atoms with van der Waals surface area (Å²) in [7, 11) is -3.92. The van der Waals surface area contributed by atoms with Crippen LogP contribution in [-0.2, 0) is 22.2 Å². The summed E-state index contributed by atoms with van der Waals surface area (Å²) in [6, 6.07) is 17.8. The molecule has 2 heterocycles. The van der Waals surface area contributed by atoms with Crippen LogP contribution in [0, 0.1) is 11.3 Å². The third-order valence-electron chi connectivity index (χ3n) is 5.45. The van der Waals surface area contributed by atoms with Crippen LogP contribution in [0.15, 0.2) is 75.6 Å². The molecule has 11 heteroatoms. The van der Waals surface area contributed by atoms with Crippen LogP contribution in [0.2, 0.25) is 5.02 Å². The highest BCUT2D eigenvalue weighted by Gasteiger charge is 2.23. The van der Waals surface area contributed by atoms with Crippen molar-refractivity contribution in [3.63, 3.8) is 0 Å². The largest absolute Gasteiger partial charge is 0.263 e. The number of hydrogen-bond donors (Lipinski definition) is 2. The van der Waals surface area contributed by atoms with Gasteiger partial charge in [0.05, 0.1) is 27.8 Å². The van der Waals surface area contributed by atoms with Crippen molar-refractivity contribution in [3.8, 4) is 17.3 Å². The summed E-state index contributed by atoms with van der Waals surface area (Å²) in [5, 5.41) is 17.9. The molecule has 0 bridgehead atoms. The first-order valence-electron chi connectivity index (χ1n) is 11.4. The van der Waals surface area contributed by atoms with Gasteiger partial charge in [0.15, 0.2) is 0 Å². The fourth-order valence-electron chi connectivity index (χ4n) is 3.58. The summed E-state index contributed by atoms with van der Waals surface area (Å²) < 4.78 is 28.9. The highest BCUT2D eigenvalue weighted by molar-refractivity contribution is 7.99. The number of nitrogens with zero attached hydrogens (tertiary/aromatic N) is 3. The maximum Gasteiger partial charge on any atom is 0.263 e. The second-order valence-corrected chi connectivity index (χ2v) is 12.3. The van der Waals surface area contributed by atoms with Crippen molar-refractivity contribution in [2.45, 2.75) is 40.8 Å². The van der Waals surface area contributed by atoms with E-state index in [0.717, 1.165) is 28.2 Å². The smallest absolute Gasteiger partial charge is 0.263 e. The van der Waals surface area contributed by atoms with Crippen LogP contribution in [0.5, 0.6) is 0 Å². The van der Waals surface area contributed by atoms with Crippen molar-refractivity contribution in [2.75, 3.05) is 10.5 Å². The lowest BCUT2D eigenvalue weighted by molar-refractivity contribution is 0.601. The number of aromatic nitrogens is 3. The minimum atomic E-state index is -3.92. The molecule has 0 aliphatic rings. The summed E-state index contributed by atoms with van der Waals surface area (Å²) in [6.45, 7) is 4.12. The van der Waals surface area contributed by atoms with E-state index in [1.54, 1.807) is 18.0 Å². The Hall–Kier alpha value is -2.97. The summed E-state index contributed by atoms with van der Waals surface area (Å²) in [5.74, 6) is 1.63. The normalized spacial score (nSPS) is 11.3. The highest BCUT2D eigenvalue weighted by Crippen LogP contribution is 2.38. The van der Waals surface area contributed by atoms with Crippen molar-refractivity contribution < 1.29 is 8.42 Å². The number of aromatic amines is 1. The molecule has 190 valence electrons. The fraction of sp³-hybridized carbons (Fsp3) is 0.192. The molecule has 0 saturated carbocycles. The zero-order valence-corrected chi connectivity index (χ0v) is 23.4. The Morgan fingerprint density at radius 1 is 1.08 bits per heavy atom. The molecule has 4 aromatic rings. The van der Waals surface area contributed by atoms with Gasteiger partial charge in [-0.15, -0.1) is 11.8 Å². The van der Waals surface area contributed by atoms with Gasteiger partial charge in [0.2, 0.25) is 0 Å². The SMILES string of the molecule is CCSc1ccc(C#N)c(CSc2n[nH]c(NS(=O)(=O)c3ccc(Cl)cc3)c2-c2cc(CC)ccn2)c1. The fourth-order valence-corrected chi connectivity index (χ4v) is 6.45. The molecule has 0 amide bonds. The van der Waals surface area contributed by atoms with Gasteiger partial charge >= 0.3 is 0 Å². The number of rotatable bonds is 10. The van der Waals surface area contributed by atoms with E-state index in [9.17, 15) is 13.7 Å². The van der Waals surface area contributed by atoms with E-state index in [1.165, 1.54) is 36.0 Å². The first-order chi connectivity index (χ1) is 17.8. The van der Waals surface area contributed by atoms with E-state index in [2.05, 4.69) is 32.9 Å². The van der Waals surface area contributed by atoms with Gasteiger partial charge in [-0.05, 0) is 77.9 Å². The van der Waals surface area contributed by atoms with E-state index >= 15 is 0 Å². The molecule has 0 atom stereocenters. The van der Waals surface area contributed by atoms with Crippen molar-refractivity contribution in [1.82, 2.24) is 15.2 Å². The van der Waals surface area contributed by atoms with Crippen LogP contribution < -0.4 is 4.72 Å². The van der Waals surface area contributed by atoms with E-state index in [0.29, 0.717) is 32.6 Å². The van der Waals surface area contributed by atoms with E-state index in [-0.39, 0.29) is 10.7 Å². The summed E-state index contributed by atoms with van der Waals surface area (Å²) in [4.78, 5) is 5.68. The Balaban J connectivity index is 1.72. The molecule has 0 spiro atoms. The molecule has 0 unspecified atom stereocenters. The van der Waals surface area contributed by atoms with Gasteiger partial charge in [0.1, 0.15) is 10.8 Å². The van der Waals surface area contributed by atoms with Gasteiger partial charge in [-0.3, -0.25) is 14.8 Å². The average molecular weight is 570 g/mol. The van der Waals surface area contributed by atoms with Gasteiger partial charge in [0.25, 0.3) is 10.0 Å². The van der Waals surface area contributed by atoms with Gasteiger partial charge in [-0.2, -0.15) is 10.4 Å². The molecule has 0 aliphatic carbocycles. The summed E-state index contributed by atoms with van der Waals surface area (Å²) in [5.41, 5.74) is 3.69. The average Bonchev–Trinajstić information content (AvgIpc) is 3.29. The molecule has 2 N–H and O–H groups in total. The number of aryl methyl sites for hydroxylation is 1. The maximum absolute atomic E-state index is 13.1. The molecule has 7 nitrogen and oxygen atoms in total. The minimum absolute atomic E-state index is 0.0748. The molecule has 0 saturated heterocycles. The van der Waals surface area contributed by atoms with E-state index in [4.69, 9.17) is 11.6 Å². The lowest BCUT2D eigenvalue weighted by atomic mass is 10.1. The molecule has 4 rings (SSSR count). The predicted molar refractivity (Wildman–Crippen MR) is 151 cm³/mol. The van der Waals surface area contributed by atoms with Crippen molar-refractivity contribution >= 4 is 51.0 Å². The maximum atomic E-state index is 13.1. The molecule has 2 aromatic carbocycles. The number of thioether (sulfide) groups is 2. The van der Waals surface area contributed by atoms with Crippen LogP contribution >= 0.6 is 35.1 Å². The third kappa shape index (κ3) is 6.48. The number of halogens is 1. The molecule has 0 radical (unpaired) electrons. The summed E-state index contributed by atoms with van der Waals surface area (Å²) in [6.07, 6.45) is 2.50. The Morgan fingerprint density at radius 3 is 2.57 bits per heavy atom. The molecular weight excluding hydrogens is 546 g/mol. The second kappa shape index (κ2) is 12.0. The Labute approximate surface area is 230 Å². The first-order valence-corrected chi connectivity index (χ1v) is 15.3. The first kappa shape index (κ1) is 27.1. The number of nitriles is 1. The quantitative estimate of drug-likeness (QED) is 0.203. The Morgan fingerprint density at radius 2 is 1.86 bits per heavy atom. The molecule has 2 aromatic heterocycles. The van der Waals surface area contributed by atoms with Crippen LogP contribution in [0.25, 0.3) is 11.3 Å². The third-order valence-corrected chi connectivity index (χ3v) is 8.97. The number of anilines is 1. The van der Waals surface area contributed by atoms with Gasteiger partial charge in [0, 0.05) is 21.9 Å². The lowest BCUT2D eigenvalue weighted by Crippen LogP contribution is -2.14. The van der Waals surface area contributed by atoms with Gasteiger partial charge in [-0.25, -0.2) is 8.42 Å². The monoisotopic (exact) mass is 569 g/mol. The Kier molecular flexibility index (Phi) is 8.82. The molecular formula is C26H24ClN5O2S3. The molecule has 0 fully saturated rings. The van der Waals surface area contributed by atoms with Crippen molar-refractivity contribution in [2.24, 2.45) is 0 Å². The minimum Gasteiger partial charge on any atom is -0.263 e. The lowest BCUT2D eigenvalue weighted by Gasteiger charge is -2.11. The number of pyridine rings is 1. The summed E-state index contributed by atoms with van der Waals surface area (Å²) >= 11 is 9.05. The highest BCUT2D eigenvalue weighted by atomic mass is 35.5. The van der Waals surface area contributed by atoms with Crippen LogP contribution in [0.3, 0.4) is 0 Å². The van der Waals surface area contributed by atoms with Crippen LogP contribution in [0.1, 0.15) is 30.5 Å². The number of H-pyrrole nitrogens is 1. The van der Waals surface area contributed by atoms with Crippen molar-refractivity contribution in [3.05, 3.63) is 82.5 Å². The number of benzene rings is 2. The molecule has 37 heavy (non-hydrogen) atoms. The Bertz CT molecular complexity index is 1550. The molecule has 0 aliphatic heterocycles. The van der Waals surface area contributed by atoms with E-state index in [1.807, 2.05) is 37.3 Å². The number of nitrogens with one attached hydrogen (secondary N) is 2. The number of sulfonamides is 1. The topological polar surface area (TPSA) is 112 Å². The van der Waals surface area contributed by atoms with Crippen LogP contribution in [-0.4, -0.2) is 29.4 Å². The standard InChI is InChI=1S/C26H24ClN5O2S3/c1-3-17-11-12-29-23(13-17)24-25(32-37(33,34)22-9-6-20(27)7-10-22)30-31-26(24)36-16-19-14-21(35-4-2)8-5-18(19)15-28/h5-14H,3-4,16H2,1-2H3,(H2,30,31,32).